The summed E-state index contributed by atoms with van der Waals surface area (Å²) in [4.78, 5) is 23.8. The first kappa shape index (κ1) is 12.0. The molecule has 4 rings (SSSR count). The van der Waals surface area contributed by atoms with Crippen molar-refractivity contribution >= 4 is 22.2 Å². The molecule has 0 radical (unpaired) electrons. The highest BCUT2D eigenvalue weighted by Gasteiger charge is 1.91. The fourth-order valence-corrected chi connectivity index (χ4v) is 1.63. The van der Waals surface area contributed by atoms with E-state index in [1.54, 1.807) is 31.0 Å². The van der Waals surface area contributed by atoms with Gasteiger partial charge in [0.2, 0.25) is 0 Å². The molecule has 0 atom stereocenters. The first-order chi connectivity index (χ1) is 9.93. The highest BCUT2D eigenvalue weighted by atomic mass is 14.9. The molecule has 0 fully saturated rings. The Bertz CT molecular complexity index is 631. The van der Waals surface area contributed by atoms with Crippen LogP contribution in [-0.4, -0.2) is 29.9 Å². The van der Waals surface area contributed by atoms with Crippen molar-refractivity contribution in [2.45, 2.75) is 0 Å². The predicted octanol–water partition coefficient (Wildman–Crippen LogP) is 2.05. The standard InChI is InChI=1S/C8H6N2.C6H4N4/c1-3-7-4-2-6-10-8(7)9-5-1;1-2-9-6-5(8-1)3-7-4-10-6/h1-6H;1-4H. The molecule has 4 aromatic heterocycles. The van der Waals surface area contributed by atoms with Gasteiger partial charge in [-0.1, -0.05) is 0 Å². The quantitative estimate of drug-likeness (QED) is 0.482. The van der Waals surface area contributed by atoms with Gasteiger partial charge in [0.15, 0.2) is 11.3 Å². The van der Waals surface area contributed by atoms with E-state index in [1.807, 2.05) is 24.3 Å². The summed E-state index contributed by atoms with van der Waals surface area (Å²) in [6, 6.07) is 7.80. The van der Waals surface area contributed by atoms with Crippen molar-refractivity contribution in [2.75, 3.05) is 0 Å². The molecular formula is C14H10N6. The Morgan fingerprint density at radius 1 is 0.650 bits per heavy atom. The molecule has 6 heteroatoms. The van der Waals surface area contributed by atoms with Crippen molar-refractivity contribution in [1.82, 2.24) is 29.9 Å². The van der Waals surface area contributed by atoms with Crippen LogP contribution in [0.5, 0.6) is 0 Å². The van der Waals surface area contributed by atoms with Gasteiger partial charge in [-0.05, 0) is 24.3 Å². The van der Waals surface area contributed by atoms with Crippen molar-refractivity contribution < 1.29 is 0 Å². The van der Waals surface area contributed by atoms with Crippen molar-refractivity contribution in [3.05, 3.63) is 61.6 Å². The van der Waals surface area contributed by atoms with E-state index in [1.165, 1.54) is 6.33 Å². The Balaban J connectivity index is 0.000000121. The van der Waals surface area contributed by atoms with Crippen LogP contribution in [0.1, 0.15) is 0 Å². The Labute approximate surface area is 114 Å². The van der Waals surface area contributed by atoms with E-state index in [4.69, 9.17) is 0 Å². The average Bonchev–Trinajstić information content (AvgIpc) is 2.56. The summed E-state index contributed by atoms with van der Waals surface area (Å²) in [5.41, 5.74) is 2.17. The maximum Gasteiger partial charge on any atom is 0.181 e. The van der Waals surface area contributed by atoms with E-state index >= 15 is 0 Å². The summed E-state index contributed by atoms with van der Waals surface area (Å²) in [7, 11) is 0. The highest BCUT2D eigenvalue weighted by Crippen LogP contribution is 2.04. The Morgan fingerprint density at radius 3 is 2.05 bits per heavy atom. The summed E-state index contributed by atoms with van der Waals surface area (Å²) in [6.07, 6.45) is 9.80. The monoisotopic (exact) mass is 262 g/mol. The van der Waals surface area contributed by atoms with Crippen LogP contribution in [0.4, 0.5) is 0 Å². The van der Waals surface area contributed by atoms with Crippen LogP contribution in [0.3, 0.4) is 0 Å². The Kier molecular flexibility index (Phi) is 3.46. The predicted molar refractivity (Wildman–Crippen MR) is 74.7 cm³/mol. The summed E-state index contributed by atoms with van der Waals surface area (Å²) in [6.45, 7) is 0. The number of hydrogen-bond donors (Lipinski definition) is 0. The van der Waals surface area contributed by atoms with Gasteiger partial charge in [-0.3, -0.25) is 0 Å². The average molecular weight is 262 g/mol. The molecule has 0 amide bonds. The first-order valence-electron chi connectivity index (χ1n) is 5.96. The molecule has 4 aromatic rings. The fraction of sp³-hybridized carbons (Fsp3) is 0. The van der Waals surface area contributed by atoms with Gasteiger partial charge in [0.05, 0.1) is 6.20 Å². The molecule has 0 spiro atoms. The largest absolute Gasteiger partial charge is 0.250 e. The second-order valence-corrected chi connectivity index (χ2v) is 3.84. The lowest BCUT2D eigenvalue weighted by Crippen LogP contribution is -1.85. The van der Waals surface area contributed by atoms with Crippen LogP contribution in [-0.2, 0) is 0 Å². The Hall–Kier alpha value is -3.02. The molecule has 4 heterocycles. The van der Waals surface area contributed by atoms with E-state index in [9.17, 15) is 0 Å². The van der Waals surface area contributed by atoms with Gasteiger partial charge in [-0.15, -0.1) is 0 Å². The number of hydrogen-bond acceptors (Lipinski definition) is 6. The van der Waals surface area contributed by atoms with Crippen LogP contribution in [0.25, 0.3) is 22.2 Å². The third-order valence-electron chi connectivity index (χ3n) is 2.53. The number of aromatic nitrogens is 6. The molecule has 0 aliphatic rings. The molecule has 0 aliphatic heterocycles. The normalized spacial score (nSPS) is 10.0. The third kappa shape index (κ3) is 2.69. The van der Waals surface area contributed by atoms with Crippen molar-refractivity contribution in [1.29, 1.82) is 0 Å². The minimum absolute atomic E-state index is 0.637. The summed E-state index contributed by atoms with van der Waals surface area (Å²) >= 11 is 0. The van der Waals surface area contributed by atoms with Gasteiger partial charge in [-0.25, -0.2) is 29.9 Å². The summed E-state index contributed by atoms with van der Waals surface area (Å²) in [5.74, 6) is 0. The smallest absolute Gasteiger partial charge is 0.181 e. The molecule has 0 aliphatic carbocycles. The molecule has 0 bridgehead atoms. The van der Waals surface area contributed by atoms with Gasteiger partial charge < -0.3 is 0 Å². The molecule has 96 valence electrons. The lowest BCUT2D eigenvalue weighted by Gasteiger charge is -1.90. The molecule has 0 saturated heterocycles. The second-order valence-electron chi connectivity index (χ2n) is 3.84. The molecule has 6 nitrogen and oxygen atoms in total. The van der Waals surface area contributed by atoms with Crippen LogP contribution in [0.2, 0.25) is 0 Å². The Morgan fingerprint density at radius 2 is 1.35 bits per heavy atom. The molecule has 0 aromatic carbocycles. The second kappa shape index (κ2) is 5.75. The molecule has 0 N–H and O–H groups in total. The van der Waals surface area contributed by atoms with E-state index < -0.39 is 0 Å². The molecule has 0 unspecified atom stereocenters. The lowest BCUT2D eigenvalue weighted by atomic mass is 10.3. The van der Waals surface area contributed by atoms with E-state index in [-0.39, 0.29) is 0 Å². The van der Waals surface area contributed by atoms with Gasteiger partial charge in [-0.2, -0.15) is 0 Å². The number of rotatable bonds is 0. The fourth-order valence-electron chi connectivity index (χ4n) is 1.63. The molecule has 20 heavy (non-hydrogen) atoms. The van der Waals surface area contributed by atoms with Crippen molar-refractivity contribution in [3.8, 4) is 0 Å². The maximum atomic E-state index is 4.07. The van der Waals surface area contributed by atoms with E-state index in [0.717, 1.165) is 16.6 Å². The van der Waals surface area contributed by atoms with Crippen molar-refractivity contribution in [2.24, 2.45) is 0 Å². The van der Waals surface area contributed by atoms with Crippen LogP contribution in [0.15, 0.2) is 61.6 Å². The van der Waals surface area contributed by atoms with E-state index in [2.05, 4.69) is 29.9 Å². The van der Waals surface area contributed by atoms with Crippen LogP contribution in [0, 0.1) is 0 Å². The number of pyridine rings is 2. The van der Waals surface area contributed by atoms with E-state index in [0.29, 0.717) is 5.65 Å². The first-order valence-corrected chi connectivity index (χ1v) is 5.96. The number of fused-ring (bicyclic) bond motifs is 2. The molecular weight excluding hydrogens is 252 g/mol. The van der Waals surface area contributed by atoms with Crippen molar-refractivity contribution in [3.63, 3.8) is 0 Å². The van der Waals surface area contributed by atoms with Gasteiger partial charge >= 0.3 is 0 Å². The molecule has 0 saturated carbocycles. The zero-order valence-corrected chi connectivity index (χ0v) is 10.5. The minimum Gasteiger partial charge on any atom is -0.250 e. The van der Waals surface area contributed by atoms with Crippen LogP contribution < -0.4 is 0 Å². The highest BCUT2D eigenvalue weighted by molar-refractivity contribution is 5.73. The zero-order chi connectivity index (χ0) is 13.6. The maximum absolute atomic E-state index is 4.07. The van der Waals surface area contributed by atoms with Gasteiger partial charge in [0, 0.05) is 30.2 Å². The van der Waals surface area contributed by atoms with Crippen LogP contribution >= 0.6 is 0 Å². The topological polar surface area (TPSA) is 77.3 Å². The summed E-state index contributed by atoms with van der Waals surface area (Å²) in [5, 5.41) is 1.09. The SMILES string of the molecule is c1cnc2ncccc2c1.c1cnc2ncncc2n1. The summed E-state index contributed by atoms with van der Waals surface area (Å²) < 4.78 is 0. The minimum atomic E-state index is 0.637. The number of nitrogens with zero attached hydrogens (tertiary/aromatic N) is 6. The third-order valence-corrected chi connectivity index (χ3v) is 2.53. The lowest BCUT2D eigenvalue weighted by molar-refractivity contribution is 1.15. The van der Waals surface area contributed by atoms with Gasteiger partial charge in [0.25, 0.3) is 0 Å². The van der Waals surface area contributed by atoms with Gasteiger partial charge in [0.1, 0.15) is 11.8 Å². The zero-order valence-electron chi connectivity index (χ0n) is 10.5.